The van der Waals surface area contributed by atoms with Gasteiger partial charge in [0.1, 0.15) is 11.5 Å². The van der Waals surface area contributed by atoms with Crippen LogP contribution in [0.5, 0.6) is 11.5 Å². The number of methoxy groups -OCH3 is 2. The van der Waals surface area contributed by atoms with Crippen molar-refractivity contribution in [2.75, 3.05) is 14.2 Å². The lowest BCUT2D eigenvalue weighted by Crippen LogP contribution is -1.92. The Labute approximate surface area is 95.4 Å². The van der Waals surface area contributed by atoms with Gasteiger partial charge in [-0.05, 0) is 23.8 Å². The summed E-state index contributed by atoms with van der Waals surface area (Å²) in [7, 11) is 3.32. The van der Waals surface area contributed by atoms with Crippen molar-refractivity contribution in [3.05, 3.63) is 48.5 Å². The maximum absolute atomic E-state index is 5.35. The van der Waals surface area contributed by atoms with Crippen molar-refractivity contribution < 1.29 is 9.47 Å². The molecule has 0 saturated heterocycles. The lowest BCUT2D eigenvalue weighted by atomic mass is 10.0. The summed E-state index contributed by atoms with van der Waals surface area (Å²) < 4.78 is 10.7. The smallest absolute Gasteiger partial charge is 0.130 e. The molecule has 0 saturated carbocycles. The molecule has 2 rings (SSSR count). The molecule has 1 radical (unpaired) electrons. The standard InChI is InChI=1S/C14H13O2/c1-15-12-9-6-10-13(16-2)14(12)11-7-4-3-5-8-11/h4-10H,1-2H3. The minimum absolute atomic E-state index is 0.811. The largest absolute Gasteiger partial charge is 0.496 e. The predicted octanol–water partition coefficient (Wildman–Crippen LogP) is 3.17. The highest BCUT2D eigenvalue weighted by atomic mass is 16.5. The van der Waals surface area contributed by atoms with E-state index in [2.05, 4.69) is 6.07 Å². The first-order valence-corrected chi connectivity index (χ1v) is 5.04. The first-order chi connectivity index (χ1) is 7.86. The summed E-state index contributed by atoms with van der Waals surface area (Å²) in [5.41, 5.74) is 2.04. The van der Waals surface area contributed by atoms with Crippen LogP contribution in [0.4, 0.5) is 0 Å². The molecule has 2 heteroatoms. The van der Waals surface area contributed by atoms with Gasteiger partial charge in [-0.3, -0.25) is 0 Å². The van der Waals surface area contributed by atoms with Gasteiger partial charge in [0, 0.05) is 0 Å². The molecule has 0 aliphatic carbocycles. The summed E-state index contributed by atoms with van der Waals surface area (Å²) in [5, 5.41) is 0. The fourth-order valence-electron chi connectivity index (χ4n) is 1.69. The molecule has 81 valence electrons. The highest BCUT2D eigenvalue weighted by Gasteiger charge is 2.10. The Hall–Kier alpha value is -1.96. The number of hydrogen-bond acceptors (Lipinski definition) is 2. The molecule has 0 aromatic heterocycles. The number of rotatable bonds is 3. The van der Waals surface area contributed by atoms with E-state index in [-0.39, 0.29) is 0 Å². The summed E-state index contributed by atoms with van der Waals surface area (Å²) in [6.07, 6.45) is 0. The lowest BCUT2D eigenvalue weighted by Gasteiger charge is -2.12. The van der Waals surface area contributed by atoms with Gasteiger partial charge < -0.3 is 9.47 Å². The second kappa shape index (κ2) is 4.71. The SMILES string of the molecule is COc1cccc(OC)c1-c1cc[c]cc1. The highest BCUT2D eigenvalue weighted by Crippen LogP contribution is 2.37. The predicted molar refractivity (Wildman–Crippen MR) is 63.8 cm³/mol. The fourth-order valence-corrected chi connectivity index (χ4v) is 1.69. The van der Waals surface area contributed by atoms with Gasteiger partial charge in [-0.2, -0.15) is 0 Å². The second-order valence-corrected chi connectivity index (χ2v) is 3.33. The summed E-state index contributed by atoms with van der Waals surface area (Å²) >= 11 is 0. The van der Waals surface area contributed by atoms with Crippen LogP contribution < -0.4 is 9.47 Å². The van der Waals surface area contributed by atoms with Crippen molar-refractivity contribution in [2.45, 2.75) is 0 Å². The summed E-state index contributed by atoms with van der Waals surface area (Å²) in [6.45, 7) is 0. The van der Waals surface area contributed by atoms with Crippen LogP contribution in [0.2, 0.25) is 0 Å². The van der Waals surface area contributed by atoms with Gasteiger partial charge in [-0.1, -0.05) is 30.3 Å². The maximum Gasteiger partial charge on any atom is 0.130 e. The second-order valence-electron chi connectivity index (χ2n) is 3.33. The average Bonchev–Trinajstić information content (AvgIpc) is 2.38. The van der Waals surface area contributed by atoms with E-state index in [0.29, 0.717) is 0 Å². The summed E-state index contributed by atoms with van der Waals surface area (Å²) in [4.78, 5) is 0. The van der Waals surface area contributed by atoms with Crippen molar-refractivity contribution in [3.8, 4) is 22.6 Å². The molecule has 0 fully saturated rings. The Bertz CT molecular complexity index is 441. The minimum atomic E-state index is 0.811. The molecule has 0 aliphatic rings. The van der Waals surface area contributed by atoms with Gasteiger partial charge in [0.2, 0.25) is 0 Å². The van der Waals surface area contributed by atoms with E-state index in [1.165, 1.54) is 0 Å². The Morgan fingerprint density at radius 1 is 0.875 bits per heavy atom. The summed E-state index contributed by atoms with van der Waals surface area (Å²) in [6, 6.07) is 16.5. The minimum Gasteiger partial charge on any atom is -0.496 e. The Kier molecular flexibility index (Phi) is 3.10. The molecule has 2 nitrogen and oxygen atoms in total. The molecular formula is C14H13O2. The summed E-state index contributed by atoms with van der Waals surface area (Å²) in [5.74, 6) is 1.62. The normalized spacial score (nSPS) is 9.88. The third kappa shape index (κ3) is 1.87. The molecule has 0 heterocycles. The Morgan fingerprint density at radius 3 is 1.94 bits per heavy atom. The van der Waals surface area contributed by atoms with E-state index in [1.807, 2.05) is 42.5 Å². The van der Waals surface area contributed by atoms with Crippen molar-refractivity contribution in [1.82, 2.24) is 0 Å². The Balaban J connectivity index is 2.62. The molecule has 16 heavy (non-hydrogen) atoms. The van der Waals surface area contributed by atoms with E-state index in [0.717, 1.165) is 22.6 Å². The zero-order valence-electron chi connectivity index (χ0n) is 9.36. The number of ether oxygens (including phenoxy) is 2. The molecule has 0 amide bonds. The number of benzene rings is 2. The average molecular weight is 213 g/mol. The van der Waals surface area contributed by atoms with Gasteiger partial charge in [0.05, 0.1) is 19.8 Å². The highest BCUT2D eigenvalue weighted by molar-refractivity contribution is 5.76. The van der Waals surface area contributed by atoms with E-state index in [1.54, 1.807) is 14.2 Å². The van der Waals surface area contributed by atoms with Crippen LogP contribution in [0.1, 0.15) is 0 Å². The van der Waals surface area contributed by atoms with Crippen LogP contribution in [-0.4, -0.2) is 14.2 Å². The van der Waals surface area contributed by atoms with Crippen molar-refractivity contribution in [1.29, 1.82) is 0 Å². The molecule has 2 aromatic rings. The topological polar surface area (TPSA) is 18.5 Å². The van der Waals surface area contributed by atoms with Gasteiger partial charge in [0.25, 0.3) is 0 Å². The first kappa shape index (κ1) is 10.6. The van der Waals surface area contributed by atoms with E-state index < -0.39 is 0 Å². The maximum atomic E-state index is 5.35. The third-order valence-electron chi connectivity index (χ3n) is 2.43. The van der Waals surface area contributed by atoms with Crippen LogP contribution in [0.25, 0.3) is 11.1 Å². The van der Waals surface area contributed by atoms with Crippen LogP contribution >= 0.6 is 0 Å². The van der Waals surface area contributed by atoms with Crippen LogP contribution in [0, 0.1) is 6.07 Å². The van der Waals surface area contributed by atoms with Gasteiger partial charge in [-0.25, -0.2) is 0 Å². The van der Waals surface area contributed by atoms with Crippen LogP contribution in [0.3, 0.4) is 0 Å². The Morgan fingerprint density at radius 2 is 1.44 bits per heavy atom. The van der Waals surface area contributed by atoms with E-state index in [9.17, 15) is 0 Å². The van der Waals surface area contributed by atoms with Gasteiger partial charge in [-0.15, -0.1) is 0 Å². The zero-order chi connectivity index (χ0) is 11.4. The fraction of sp³-hybridized carbons (Fsp3) is 0.143. The van der Waals surface area contributed by atoms with Gasteiger partial charge >= 0.3 is 0 Å². The lowest BCUT2D eigenvalue weighted by molar-refractivity contribution is 0.397. The van der Waals surface area contributed by atoms with E-state index >= 15 is 0 Å². The molecule has 0 atom stereocenters. The number of hydrogen-bond donors (Lipinski definition) is 0. The molecule has 0 N–H and O–H groups in total. The van der Waals surface area contributed by atoms with Crippen molar-refractivity contribution in [3.63, 3.8) is 0 Å². The molecule has 0 spiro atoms. The zero-order valence-corrected chi connectivity index (χ0v) is 9.36. The van der Waals surface area contributed by atoms with Crippen LogP contribution in [-0.2, 0) is 0 Å². The third-order valence-corrected chi connectivity index (χ3v) is 2.43. The monoisotopic (exact) mass is 213 g/mol. The van der Waals surface area contributed by atoms with Gasteiger partial charge in [0.15, 0.2) is 0 Å². The molecule has 0 unspecified atom stereocenters. The van der Waals surface area contributed by atoms with Crippen molar-refractivity contribution >= 4 is 0 Å². The van der Waals surface area contributed by atoms with E-state index in [4.69, 9.17) is 9.47 Å². The van der Waals surface area contributed by atoms with Crippen LogP contribution in [0.15, 0.2) is 42.5 Å². The molecule has 0 bridgehead atoms. The van der Waals surface area contributed by atoms with Crippen molar-refractivity contribution in [2.24, 2.45) is 0 Å². The first-order valence-electron chi connectivity index (χ1n) is 5.04. The molecule has 2 aromatic carbocycles. The quantitative estimate of drug-likeness (QED) is 0.779. The molecule has 0 aliphatic heterocycles. The molecular weight excluding hydrogens is 200 g/mol.